The number of aliphatic hydroxyl groups excluding tert-OH is 1. The molecule has 0 spiro atoms. The first kappa shape index (κ1) is 27.1. The highest BCUT2D eigenvalue weighted by Gasteiger charge is 2.32. The van der Waals surface area contributed by atoms with Gasteiger partial charge in [-0.3, -0.25) is 14.8 Å². The average Bonchev–Trinajstić information content (AvgIpc) is 3.27. The van der Waals surface area contributed by atoms with Crippen molar-refractivity contribution in [3.63, 3.8) is 0 Å². The fraction of sp³-hybridized carbons (Fsp3) is 0.385. The van der Waals surface area contributed by atoms with Gasteiger partial charge in [-0.15, -0.1) is 0 Å². The maximum atomic E-state index is 13.5. The number of halogens is 3. The van der Waals surface area contributed by atoms with Gasteiger partial charge in [0.15, 0.2) is 6.54 Å². The normalized spacial score (nSPS) is 18.3. The van der Waals surface area contributed by atoms with E-state index in [0.29, 0.717) is 12.1 Å². The van der Waals surface area contributed by atoms with Gasteiger partial charge in [0, 0.05) is 18.0 Å². The number of aromatic nitrogens is 2. The molecule has 2 aromatic carbocycles. The highest BCUT2D eigenvalue weighted by atomic mass is 19.4. The number of nitrogens with zero attached hydrogens (tertiary/aromatic N) is 3. The van der Waals surface area contributed by atoms with Crippen LogP contribution in [0.2, 0.25) is 0 Å². The molecule has 1 heterocycles. The number of aliphatic hydroxyl groups is 1. The number of rotatable bonds is 7. The zero-order valence-corrected chi connectivity index (χ0v) is 20.7. The largest absolute Gasteiger partial charge is 0.861 e. The van der Waals surface area contributed by atoms with Gasteiger partial charge < -0.3 is 15.5 Å². The number of anilines is 2. The van der Waals surface area contributed by atoms with Crippen LogP contribution in [0.5, 0.6) is 0 Å². The predicted molar refractivity (Wildman–Crippen MR) is 131 cm³/mol. The van der Waals surface area contributed by atoms with Gasteiger partial charge in [0.1, 0.15) is 0 Å². The van der Waals surface area contributed by atoms with Crippen molar-refractivity contribution in [3.8, 4) is 0 Å². The number of carbonyl (C=O) groups is 1. The Hall–Kier alpha value is -3.93. The SMILES string of the molecule is Cc1ccccc1CC([O-])=Nc1cc(NC(=O)Nc2c[n+](C[C@@H]3CCCC[C@H]3O)no2)cc(C(F)(F)F)c1. The van der Waals surface area contributed by atoms with Crippen molar-refractivity contribution >= 4 is 29.2 Å². The number of hydrogen-bond acceptors (Lipinski definition) is 6. The van der Waals surface area contributed by atoms with Crippen LogP contribution in [0.25, 0.3) is 0 Å². The minimum atomic E-state index is -4.72. The van der Waals surface area contributed by atoms with Crippen LogP contribution in [-0.4, -0.2) is 28.4 Å². The van der Waals surface area contributed by atoms with Crippen molar-refractivity contribution in [1.29, 1.82) is 0 Å². The van der Waals surface area contributed by atoms with Crippen LogP contribution in [-0.2, 0) is 19.1 Å². The molecule has 0 saturated heterocycles. The Morgan fingerprint density at radius 1 is 1.21 bits per heavy atom. The summed E-state index contributed by atoms with van der Waals surface area (Å²) in [6, 6.07) is 8.94. The van der Waals surface area contributed by atoms with E-state index in [2.05, 4.69) is 20.9 Å². The van der Waals surface area contributed by atoms with E-state index in [9.17, 15) is 28.2 Å². The molecule has 1 saturated carbocycles. The second kappa shape index (κ2) is 11.6. The molecule has 3 N–H and O–H groups in total. The Labute approximate surface area is 217 Å². The average molecular weight is 532 g/mol. The molecule has 38 heavy (non-hydrogen) atoms. The molecule has 1 aliphatic carbocycles. The van der Waals surface area contributed by atoms with Crippen LogP contribution in [0, 0.1) is 12.8 Å². The number of hydrogen-bond donors (Lipinski definition) is 3. The lowest BCUT2D eigenvalue weighted by molar-refractivity contribution is -0.768. The summed E-state index contributed by atoms with van der Waals surface area (Å²) in [5.74, 6) is -0.636. The lowest BCUT2D eigenvalue weighted by Crippen LogP contribution is -2.43. The Morgan fingerprint density at radius 2 is 1.97 bits per heavy atom. The molecule has 202 valence electrons. The van der Waals surface area contributed by atoms with Gasteiger partial charge in [-0.1, -0.05) is 41.8 Å². The summed E-state index contributed by atoms with van der Waals surface area (Å²) in [5.41, 5.74) is 0.0621. The van der Waals surface area contributed by atoms with Crippen molar-refractivity contribution in [1.82, 2.24) is 5.27 Å². The molecule has 2 atom stereocenters. The number of benzene rings is 2. The van der Waals surface area contributed by atoms with Gasteiger partial charge in [0.05, 0.1) is 17.4 Å². The summed E-state index contributed by atoms with van der Waals surface area (Å²) in [6.45, 7) is 2.23. The quantitative estimate of drug-likeness (QED) is 0.240. The first-order valence-corrected chi connectivity index (χ1v) is 12.2. The summed E-state index contributed by atoms with van der Waals surface area (Å²) in [4.78, 5) is 16.3. The van der Waals surface area contributed by atoms with Crippen LogP contribution >= 0.6 is 0 Å². The Kier molecular flexibility index (Phi) is 8.30. The minimum Gasteiger partial charge on any atom is -0.861 e. The van der Waals surface area contributed by atoms with E-state index in [0.717, 1.165) is 43.4 Å². The van der Waals surface area contributed by atoms with Gasteiger partial charge in [-0.25, -0.2) is 4.79 Å². The lowest BCUT2D eigenvalue weighted by atomic mass is 9.86. The van der Waals surface area contributed by atoms with Gasteiger partial charge in [-0.05, 0) is 55.0 Å². The molecule has 2 amide bonds. The second-order valence-electron chi connectivity index (χ2n) is 9.35. The molecule has 4 rings (SSSR count). The van der Waals surface area contributed by atoms with E-state index in [1.807, 2.05) is 19.1 Å². The number of carbonyl (C=O) groups excluding carboxylic acids is 1. The van der Waals surface area contributed by atoms with Gasteiger partial charge in [-0.2, -0.15) is 13.2 Å². The Bertz CT molecular complexity index is 1310. The molecule has 1 aliphatic rings. The van der Waals surface area contributed by atoms with E-state index in [-0.39, 0.29) is 29.6 Å². The molecule has 12 heteroatoms. The van der Waals surface area contributed by atoms with Crippen LogP contribution < -0.4 is 20.4 Å². The molecular formula is C26H28F3N5O4. The zero-order chi connectivity index (χ0) is 27.3. The summed E-state index contributed by atoms with van der Waals surface area (Å²) >= 11 is 0. The number of aliphatic imine (C=N–C) groups is 1. The predicted octanol–water partition coefficient (Wildman–Crippen LogP) is 4.12. The lowest BCUT2D eigenvalue weighted by Gasteiger charge is -2.23. The standard InChI is InChI=1S/C26H28F3N5O4/c1-16-6-2-3-7-17(16)10-23(36)30-20-11-19(26(27,28)29)12-21(13-20)31-25(37)32-24-15-34(33-38-24)14-18-8-4-5-9-22(18)35/h2-3,6-7,11-13,15,18,22,35H,4-5,8-10,14H2,1H3,(H2-,30,31,32,33,36,37)/t18-,22+/m0/s1. The molecule has 3 aromatic rings. The summed E-state index contributed by atoms with van der Waals surface area (Å²) in [5, 5.41) is 31.1. The number of aryl methyl sites for hydroxylation is 1. The van der Waals surface area contributed by atoms with E-state index >= 15 is 0 Å². The van der Waals surface area contributed by atoms with Gasteiger partial charge in [0.2, 0.25) is 5.27 Å². The van der Waals surface area contributed by atoms with Gasteiger partial charge in [0.25, 0.3) is 6.20 Å². The van der Waals surface area contributed by atoms with E-state index in [1.54, 1.807) is 12.1 Å². The third-order valence-electron chi connectivity index (χ3n) is 6.40. The number of urea groups is 1. The smallest absolute Gasteiger partial charge is 0.416 e. The molecule has 9 nitrogen and oxygen atoms in total. The van der Waals surface area contributed by atoms with Crippen LogP contribution in [0.1, 0.15) is 42.4 Å². The van der Waals surface area contributed by atoms with Gasteiger partial charge >= 0.3 is 18.1 Å². The number of nitrogens with one attached hydrogen (secondary N) is 2. The van der Waals surface area contributed by atoms with Crippen molar-refractivity contribution in [2.24, 2.45) is 10.9 Å². The maximum Gasteiger partial charge on any atom is 0.416 e. The summed E-state index contributed by atoms with van der Waals surface area (Å²) in [6.07, 6.45) is -0.252. The minimum absolute atomic E-state index is 0.0151. The van der Waals surface area contributed by atoms with Crippen molar-refractivity contribution in [2.75, 3.05) is 10.6 Å². The highest BCUT2D eigenvalue weighted by Crippen LogP contribution is 2.34. The van der Waals surface area contributed by atoms with Crippen molar-refractivity contribution in [3.05, 3.63) is 65.4 Å². The summed E-state index contributed by atoms with van der Waals surface area (Å²) in [7, 11) is 0. The van der Waals surface area contributed by atoms with Crippen LogP contribution in [0.4, 0.5) is 35.2 Å². The highest BCUT2D eigenvalue weighted by molar-refractivity contribution is 5.99. The topological polar surface area (TPSA) is 127 Å². The van der Waals surface area contributed by atoms with E-state index in [4.69, 9.17) is 4.52 Å². The summed E-state index contributed by atoms with van der Waals surface area (Å²) < 4.78 is 47.0. The first-order valence-electron chi connectivity index (χ1n) is 12.2. The van der Waals surface area contributed by atoms with E-state index in [1.165, 1.54) is 16.9 Å². The van der Waals surface area contributed by atoms with Crippen LogP contribution in [0.3, 0.4) is 0 Å². The first-order chi connectivity index (χ1) is 18.1. The molecular weight excluding hydrogens is 503 g/mol. The molecule has 1 fully saturated rings. The van der Waals surface area contributed by atoms with E-state index < -0.39 is 29.8 Å². The Balaban J connectivity index is 1.45. The zero-order valence-electron chi connectivity index (χ0n) is 20.7. The second-order valence-corrected chi connectivity index (χ2v) is 9.35. The molecule has 0 radical (unpaired) electrons. The van der Waals surface area contributed by atoms with Crippen LogP contribution in [0.15, 0.2) is 58.2 Å². The fourth-order valence-electron chi connectivity index (χ4n) is 4.40. The monoisotopic (exact) mass is 531 g/mol. The number of alkyl halides is 3. The fourth-order valence-corrected chi connectivity index (χ4v) is 4.40. The number of amides is 2. The molecule has 0 bridgehead atoms. The third-order valence-corrected chi connectivity index (χ3v) is 6.40. The molecule has 0 aliphatic heterocycles. The van der Waals surface area contributed by atoms with Crippen molar-refractivity contribution < 1.29 is 37.4 Å². The van der Waals surface area contributed by atoms with Crippen molar-refractivity contribution in [2.45, 2.75) is 57.9 Å². The molecule has 0 unspecified atom stereocenters. The Morgan fingerprint density at radius 3 is 2.71 bits per heavy atom. The maximum absolute atomic E-state index is 13.5. The molecule has 1 aromatic heterocycles. The third kappa shape index (κ3) is 7.31.